The number of amides is 3. The highest BCUT2D eigenvalue weighted by atomic mass is 16.2. The third-order valence-corrected chi connectivity index (χ3v) is 6.32. The molecule has 176 valence electrons. The van der Waals surface area contributed by atoms with Gasteiger partial charge in [0.25, 0.3) is 0 Å². The molecule has 34 heavy (non-hydrogen) atoms. The average molecular weight is 456 g/mol. The molecule has 3 aromatic carbocycles. The van der Waals surface area contributed by atoms with Gasteiger partial charge >= 0.3 is 6.03 Å². The molecule has 4 rings (SSSR count). The van der Waals surface area contributed by atoms with Crippen LogP contribution in [0.3, 0.4) is 0 Å². The maximum absolute atomic E-state index is 13.3. The van der Waals surface area contributed by atoms with E-state index in [2.05, 4.69) is 37.4 Å². The molecule has 3 amide bonds. The Labute approximate surface area is 202 Å². The van der Waals surface area contributed by atoms with E-state index in [1.807, 2.05) is 71.3 Å². The Hall–Kier alpha value is -3.60. The lowest BCUT2D eigenvalue weighted by atomic mass is 9.95. The lowest BCUT2D eigenvalue weighted by Gasteiger charge is -2.36. The Bertz CT molecular complexity index is 1140. The zero-order valence-corrected chi connectivity index (χ0v) is 20.3. The number of hydrogen-bond donors (Lipinski definition) is 1. The largest absolute Gasteiger partial charge is 0.325 e. The Balaban J connectivity index is 1.48. The first-order chi connectivity index (χ1) is 16.4. The molecule has 3 aromatic rings. The van der Waals surface area contributed by atoms with Crippen LogP contribution in [0.5, 0.6) is 0 Å². The molecule has 5 nitrogen and oxygen atoms in total. The van der Waals surface area contributed by atoms with E-state index < -0.39 is 0 Å². The van der Waals surface area contributed by atoms with Crippen LogP contribution in [0, 0.1) is 13.8 Å². The standard InChI is InChI=1S/C29H33N3O2/c1-4-27(24-10-6-5-7-11-24)28(33)30-25-12-8-13-26(19-25)32-15-9-14-31(29(32)34)20-23-17-21(2)16-22(3)18-23/h5-8,10-13,16-19,27H,4,9,14-15,20H2,1-3H3,(H,30,33)/t27-/m0/s1. The van der Waals surface area contributed by atoms with Gasteiger partial charge < -0.3 is 10.2 Å². The molecule has 1 heterocycles. The number of urea groups is 1. The molecule has 1 fully saturated rings. The second-order valence-corrected chi connectivity index (χ2v) is 9.12. The van der Waals surface area contributed by atoms with E-state index in [9.17, 15) is 9.59 Å². The summed E-state index contributed by atoms with van der Waals surface area (Å²) in [5, 5.41) is 3.06. The van der Waals surface area contributed by atoms with Crippen molar-refractivity contribution in [1.82, 2.24) is 4.90 Å². The molecule has 1 aliphatic rings. The van der Waals surface area contributed by atoms with Crippen molar-refractivity contribution in [2.75, 3.05) is 23.3 Å². The fraction of sp³-hybridized carbons (Fsp3) is 0.310. The molecule has 1 aliphatic heterocycles. The van der Waals surface area contributed by atoms with E-state index in [0.29, 0.717) is 25.2 Å². The summed E-state index contributed by atoms with van der Waals surface area (Å²) in [6.07, 6.45) is 1.62. The van der Waals surface area contributed by atoms with Crippen molar-refractivity contribution in [2.45, 2.75) is 46.1 Å². The highest BCUT2D eigenvalue weighted by Gasteiger charge is 2.27. The van der Waals surface area contributed by atoms with Gasteiger partial charge in [-0.25, -0.2) is 4.79 Å². The SMILES string of the molecule is CC[C@H](C(=O)Nc1cccc(N2CCCN(Cc3cc(C)cc(C)c3)C2=O)c1)c1ccccc1. The Morgan fingerprint density at radius 3 is 2.38 bits per heavy atom. The summed E-state index contributed by atoms with van der Waals surface area (Å²) in [7, 11) is 0. The molecule has 5 heteroatoms. The van der Waals surface area contributed by atoms with Gasteiger partial charge in [-0.2, -0.15) is 0 Å². The third-order valence-electron chi connectivity index (χ3n) is 6.32. The fourth-order valence-electron chi connectivity index (χ4n) is 4.79. The minimum absolute atomic E-state index is 0.00426. The number of rotatable bonds is 7. The molecule has 0 radical (unpaired) electrons. The molecule has 0 aromatic heterocycles. The van der Waals surface area contributed by atoms with Gasteiger partial charge in [0.15, 0.2) is 0 Å². The number of benzene rings is 3. The number of nitrogens with zero attached hydrogens (tertiary/aromatic N) is 2. The molecule has 1 N–H and O–H groups in total. The Kier molecular flexibility index (Phi) is 7.31. The molecule has 1 saturated heterocycles. The summed E-state index contributed by atoms with van der Waals surface area (Å²) in [6.45, 7) is 8.20. The highest BCUT2D eigenvalue weighted by molar-refractivity contribution is 5.97. The van der Waals surface area contributed by atoms with Gasteiger partial charge in [-0.15, -0.1) is 0 Å². The van der Waals surface area contributed by atoms with Gasteiger partial charge in [-0.05, 0) is 56.0 Å². The molecule has 0 spiro atoms. The van der Waals surface area contributed by atoms with E-state index >= 15 is 0 Å². The summed E-state index contributed by atoms with van der Waals surface area (Å²) in [4.78, 5) is 30.1. The van der Waals surface area contributed by atoms with E-state index in [1.54, 1.807) is 0 Å². The average Bonchev–Trinajstić information content (AvgIpc) is 2.81. The normalized spacial score (nSPS) is 14.7. The molecular formula is C29H33N3O2. The first kappa shape index (κ1) is 23.6. The van der Waals surface area contributed by atoms with Crippen LogP contribution in [0.15, 0.2) is 72.8 Å². The van der Waals surface area contributed by atoms with Crippen molar-refractivity contribution in [2.24, 2.45) is 0 Å². The lowest BCUT2D eigenvalue weighted by Crippen LogP contribution is -2.49. The van der Waals surface area contributed by atoms with Crippen LogP contribution in [0.2, 0.25) is 0 Å². The number of carbonyl (C=O) groups is 2. The van der Waals surface area contributed by atoms with Gasteiger partial charge in [-0.3, -0.25) is 9.69 Å². The first-order valence-electron chi connectivity index (χ1n) is 12.0. The lowest BCUT2D eigenvalue weighted by molar-refractivity contribution is -0.117. The molecule has 0 unspecified atom stereocenters. The summed E-state index contributed by atoms with van der Waals surface area (Å²) >= 11 is 0. The van der Waals surface area contributed by atoms with Crippen LogP contribution in [0.4, 0.5) is 16.2 Å². The Morgan fingerprint density at radius 1 is 0.941 bits per heavy atom. The van der Waals surface area contributed by atoms with Crippen LogP contribution in [-0.2, 0) is 11.3 Å². The second kappa shape index (κ2) is 10.6. The topological polar surface area (TPSA) is 52.7 Å². The van der Waals surface area contributed by atoms with Crippen LogP contribution in [-0.4, -0.2) is 29.9 Å². The molecule has 0 bridgehead atoms. The summed E-state index contributed by atoms with van der Waals surface area (Å²) in [5.74, 6) is -0.248. The maximum atomic E-state index is 13.3. The number of carbonyl (C=O) groups excluding carboxylic acids is 2. The van der Waals surface area contributed by atoms with Crippen molar-refractivity contribution in [3.8, 4) is 0 Å². The van der Waals surface area contributed by atoms with E-state index in [4.69, 9.17) is 0 Å². The zero-order valence-electron chi connectivity index (χ0n) is 20.3. The molecule has 0 saturated carbocycles. The first-order valence-corrected chi connectivity index (χ1v) is 12.0. The number of hydrogen-bond acceptors (Lipinski definition) is 2. The van der Waals surface area contributed by atoms with E-state index in [1.165, 1.54) is 11.1 Å². The maximum Gasteiger partial charge on any atom is 0.324 e. The van der Waals surface area contributed by atoms with Gasteiger partial charge in [-0.1, -0.05) is 72.6 Å². The third kappa shape index (κ3) is 5.48. The van der Waals surface area contributed by atoms with Crippen molar-refractivity contribution in [3.05, 3.63) is 95.1 Å². The summed E-state index contributed by atoms with van der Waals surface area (Å²) in [6, 6.07) is 23.9. The van der Waals surface area contributed by atoms with E-state index in [0.717, 1.165) is 29.8 Å². The molecule has 0 aliphatic carbocycles. The van der Waals surface area contributed by atoms with E-state index in [-0.39, 0.29) is 17.9 Å². The van der Waals surface area contributed by atoms with Crippen LogP contribution in [0.25, 0.3) is 0 Å². The van der Waals surface area contributed by atoms with Crippen molar-refractivity contribution in [1.29, 1.82) is 0 Å². The number of aryl methyl sites for hydroxylation is 2. The van der Waals surface area contributed by atoms with Crippen molar-refractivity contribution < 1.29 is 9.59 Å². The van der Waals surface area contributed by atoms with Crippen molar-refractivity contribution in [3.63, 3.8) is 0 Å². The van der Waals surface area contributed by atoms with Crippen LogP contribution >= 0.6 is 0 Å². The predicted octanol–water partition coefficient (Wildman–Crippen LogP) is 6.27. The fourth-order valence-corrected chi connectivity index (χ4v) is 4.79. The highest BCUT2D eigenvalue weighted by Crippen LogP contribution is 2.26. The van der Waals surface area contributed by atoms with Crippen LogP contribution < -0.4 is 10.2 Å². The minimum Gasteiger partial charge on any atom is -0.325 e. The number of nitrogens with one attached hydrogen (secondary N) is 1. The second-order valence-electron chi connectivity index (χ2n) is 9.12. The van der Waals surface area contributed by atoms with Crippen LogP contribution in [0.1, 0.15) is 47.9 Å². The Morgan fingerprint density at radius 2 is 1.68 bits per heavy atom. The molecular weight excluding hydrogens is 422 g/mol. The smallest absolute Gasteiger partial charge is 0.324 e. The quantitative estimate of drug-likeness (QED) is 0.457. The van der Waals surface area contributed by atoms with Gasteiger partial charge in [0.05, 0.1) is 5.92 Å². The van der Waals surface area contributed by atoms with Gasteiger partial charge in [0.2, 0.25) is 5.91 Å². The zero-order chi connectivity index (χ0) is 24.1. The minimum atomic E-state index is -0.213. The van der Waals surface area contributed by atoms with Gasteiger partial charge in [0.1, 0.15) is 0 Å². The number of anilines is 2. The summed E-state index contributed by atoms with van der Waals surface area (Å²) in [5.41, 5.74) is 6.09. The monoisotopic (exact) mass is 455 g/mol. The molecule has 1 atom stereocenters. The summed E-state index contributed by atoms with van der Waals surface area (Å²) < 4.78 is 0. The van der Waals surface area contributed by atoms with Gasteiger partial charge in [0, 0.05) is 31.0 Å². The van der Waals surface area contributed by atoms with Crippen molar-refractivity contribution >= 4 is 23.3 Å². The predicted molar refractivity (Wildman–Crippen MR) is 138 cm³/mol.